The van der Waals surface area contributed by atoms with Gasteiger partial charge in [-0.15, -0.1) is 0 Å². The van der Waals surface area contributed by atoms with Crippen molar-refractivity contribution < 1.29 is 9.59 Å². The van der Waals surface area contributed by atoms with Crippen molar-refractivity contribution in [1.29, 1.82) is 0 Å². The van der Waals surface area contributed by atoms with E-state index >= 15 is 0 Å². The summed E-state index contributed by atoms with van der Waals surface area (Å²) < 4.78 is 0. The molecule has 1 fully saturated rings. The van der Waals surface area contributed by atoms with Gasteiger partial charge < -0.3 is 10.6 Å². The Bertz CT molecular complexity index is 830. The third-order valence-electron chi connectivity index (χ3n) is 4.75. The highest BCUT2D eigenvalue weighted by Crippen LogP contribution is 2.25. The van der Waals surface area contributed by atoms with Crippen LogP contribution in [0.25, 0.3) is 0 Å². The summed E-state index contributed by atoms with van der Waals surface area (Å²) in [4.78, 5) is 25.3. The maximum absolute atomic E-state index is 12.7. The van der Waals surface area contributed by atoms with Crippen molar-refractivity contribution in [3.05, 3.63) is 67.6 Å². The molecule has 0 radical (unpaired) electrons. The molecule has 2 N–H and O–H groups in total. The van der Waals surface area contributed by atoms with Crippen molar-refractivity contribution in [2.75, 3.05) is 0 Å². The van der Waals surface area contributed by atoms with Crippen molar-refractivity contribution >= 4 is 58.2 Å². The van der Waals surface area contributed by atoms with Crippen LogP contribution in [0.1, 0.15) is 46.4 Å². The first kappa shape index (κ1) is 21.3. The first-order valence-electron chi connectivity index (χ1n) is 8.87. The molecule has 2 aromatic rings. The topological polar surface area (TPSA) is 58.2 Å². The van der Waals surface area contributed by atoms with E-state index in [1.165, 1.54) is 12.1 Å². The highest BCUT2D eigenvalue weighted by molar-refractivity contribution is 6.37. The number of amides is 2. The van der Waals surface area contributed by atoms with E-state index in [-0.39, 0.29) is 33.9 Å². The Morgan fingerprint density at radius 3 is 1.46 bits per heavy atom. The van der Waals surface area contributed by atoms with Gasteiger partial charge in [-0.25, -0.2) is 0 Å². The summed E-state index contributed by atoms with van der Waals surface area (Å²) in [7, 11) is 0. The fourth-order valence-electron chi connectivity index (χ4n) is 3.32. The molecule has 28 heavy (non-hydrogen) atoms. The van der Waals surface area contributed by atoms with Crippen LogP contribution < -0.4 is 10.6 Å². The van der Waals surface area contributed by atoms with Crippen LogP contribution in [-0.4, -0.2) is 23.9 Å². The summed E-state index contributed by atoms with van der Waals surface area (Å²) in [5.41, 5.74) is 0.699. The molecular weight excluding hydrogens is 442 g/mol. The molecule has 2 atom stereocenters. The molecule has 0 unspecified atom stereocenters. The first-order valence-corrected chi connectivity index (χ1v) is 10.4. The second-order valence-electron chi connectivity index (χ2n) is 6.69. The number of nitrogens with one attached hydrogen (secondary N) is 2. The Morgan fingerprint density at radius 1 is 0.714 bits per heavy atom. The molecule has 0 spiro atoms. The zero-order chi connectivity index (χ0) is 20.3. The van der Waals surface area contributed by atoms with E-state index < -0.39 is 0 Å². The molecule has 1 aliphatic rings. The Balaban J connectivity index is 1.71. The van der Waals surface area contributed by atoms with Gasteiger partial charge in [0, 0.05) is 22.1 Å². The SMILES string of the molecule is O=C(N[C@H]1CCCC[C@H]1NC(=O)c1ccc(Cl)cc1Cl)c1ccc(Cl)cc1Cl. The summed E-state index contributed by atoms with van der Waals surface area (Å²) in [6.07, 6.45) is 3.45. The molecule has 4 nitrogen and oxygen atoms in total. The van der Waals surface area contributed by atoms with Crippen LogP contribution in [0.5, 0.6) is 0 Å². The number of carbonyl (C=O) groups is 2. The second-order valence-corrected chi connectivity index (χ2v) is 8.38. The van der Waals surface area contributed by atoms with Crippen molar-refractivity contribution in [2.45, 2.75) is 37.8 Å². The molecular formula is C20H18Cl4N2O2. The summed E-state index contributed by atoms with van der Waals surface area (Å²) in [6.45, 7) is 0. The minimum atomic E-state index is -0.294. The summed E-state index contributed by atoms with van der Waals surface area (Å²) in [5.74, 6) is -0.588. The third-order valence-corrected chi connectivity index (χ3v) is 5.85. The normalized spacial score (nSPS) is 19.1. The Kier molecular flexibility index (Phi) is 7.10. The molecule has 3 rings (SSSR count). The van der Waals surface area contributed by atoms with E-state index in [4.69, 9.17) is 46.4 Å². The van der Waals surface area contributed by atoms with E-state index in [9.17, 15) is 9.59 Å². The lowest BCUT2D eigenvalue weighted by molar-refractivity contribution is 0.0863. The molecule has 0 saturated heterocycles. The fraction of sp³-hybridized carbons (Fsp3) is 0.300. The van der Waals surface area contributed by atoms with Crippen molar-refractivity contribution in [2.24, 2.45) is 0 Å². The maximum atomic E-state index is 12.7. The van der Waals surface area contributed by atoms with Crippen LogP contribution in [0.2, 0.25) is 20.1 Å². The van der Waals surface area contributed by atoms with Gasteiger partial charge in [-0.3, -0.25) is 9.59 Å². The Labute approximate surface area is 183 Å². The van der Waals surface area contributed by atoms with Gasteiger partial charge in [0.05, 0.1) is 21.2 Å². The average Bonchev–Trinajstić information content (AvgIpc) is 2.63. The van der Waals surface area contributed by atoms with Gasteiger partial charge in [0.1, 0.15) is 0 Å². The second kappa shape index (κ2) is 9.36. The highest BCUT2D eigenvalue weighted by Gasteiger charge is 2.29. The van der Waals surface area contributed by atoms with Crippen LogP contribution in [-0.2, 0) is 0 Å². The predicted molar refractivity (Wildman–Crippen MR) is 114 cm³/mol. The number of hydrogen-bond acceptors (Lipinski definition) is 2. The van der Waals surface area contributed by atoms with Gasteiger partial charge in [-0.1, -0.05) is 59.2 Å². The molecule has 1 aliphatic carbocycles. The van der Waals surface area contributed by atoms with Crippen LogP contribution in [0, 0.1) is 0 Å². The predicted octanol–water partition coefficient (Wildman–Crippen LogP) is 5.77. The highest BCUT2D eigenvalue weighted by atomic mass is 35.5. The van der Waals surface area contributed by atoms with Crippen LogP contribution in [0.15, 0.2) is 36.4 Å². The summed E-state index contributed by atoms with van der Waals surface area (Å²) in [6, 6.07) is 9.05. The summed E-state index contributed by atoms with van der Waals surface area (Å²) >= 11 is 24.0. The van der Waals surface area contributed by atoms with Gasteiger partial charge >= 0.3 is 0 Å². The third kappa shape index (κ3) is 5.12. The lowest BCUT2D eigenvalue weighted by Gasteiger charge is -2.33. The van der Waals surface area contributed by atoms with Crippen LogP contribution in [0.4, 0.5) is 0 Å². The van der Waals surface area contributed by atoms with E-state index in [0.717, 1.165) is 25.7 Å². The van der Waals surface area contributed by atoms with Crippen molar-refractivity contribution in [3.63, 3.8) is 0 Å². The quantitative estimate of drug-likeness (QED) is 0.609. The number of halogens is 4. The maximum Gasteiger partial charge on any atom is 0.253 e. The number of carbonyl (C=O) groups excluding carboxylic acids is 2. The van der Waals surface area contributed by atoms with Crippen LogP contribution in [0.3, 0.4) is 0 Å². The summed E-state index contributed by atoms with van der Waals surface area (Å²) in [5, 5.41) is 7.48. The van der Waals surface area contributed by atoms with Gasteiger partial charge in [0.15, 0.2) is 0 Å². The molecule has 0 aliphatic heterocycles. The van der Waals surface area contributed by atoms with Gasteiger partial charge in [0.2, 0.25) is 0 Å². The Hall–Kier alpha value is -1.46. The van der Waals surface area contributed by atoms with Crippen LogP contribution >= 0.6 is 46.4 Å². The zero-order valence-electron chi connectivity index (χ0n) is 14.8. The number of benzene rings is 2. The largest absolute Gasteiger partial charge is 0.347 e. The van der Waals surface area contributed by atoms with Crippen molar-refractivity contribution in [1.82, 2.24) is 10.6 Å². The molecule has 148 valence electrons. The number of rotatable bonds is 4. The van der Waals surface area contributed by atoms with Crippen molar-refractivity contribution in [3.8, 4) is 0 Å². The fourth-order valence-corrected chi connectivity index (χ4v) is 4.30. The molecule has 8 heteroatoms. The van der Waals surface area contributed by atoms with Gasteiger partial charge in [0.25, 0.3) is 11.8 Å². The average molecular weight is 460 g/mol. The lowest BCUT2D eigenvalue weighted by Crippen LogP contribution is -2.53. The minimum Gasteiger partial charge on any atom is -0.347 e. The number of hydrogen-bond donors (Lipinski definition) is 2. The molecule has 0 heterocycles. The molecule has 0 bridgehead atoms. The molecule has 2 amide bonds. The standard InChI is InChI=1S/C20H18Cl4N2O2/c21-11-5-7-13(15(23)9-11)19(27)25-17-3-1-2-4-18(17)26-20(28)14-8-6-12(22)10-16(14)24/h5-10,17-18H,1-4H2,(H,25,27)(H,26,28)/t17-,18+. The van der Waals surface area contributed by atoms with Gasteiger partial charge in [-0.05, 0) is 49.2 Å². The Morgan fingerprint density at radius 2 is 1.11 bits per heavy atom. The minimum absolute atomic E-state index is 0.206. The van der Waals surface area contributed by atoms with E-state index in [1.54, 1.807) is 24.3 Å². The molecule has 2 aromatic carbocycles. The lowest BCUT2D eigenvalue weighted by atomic mass is 9.89. The smallest absolute Gasteiger partial charge is 0.253 e. The molecule has 1 saturated carbocycles. The van der Waals surface area contributed by atoms with E-state index in [1.807, 2.05) is 0 Å². The van der Waals surface area contributed by atoms with E-state index in [2.05, 4.69) is 10.6 Å². The van der Waals surface area contributed by atoms with E-state index in [0.29, 0.717) is 21.2 Å². The monoisotopic (exact) mass is 458 g/mol. The zero-order valence-corrected chi connectivity index (χ0v) is 17.8. The first-order chi connectivity index (χ1) is 13.3. The van der Waals surface area contributed by atoms with Gasteiger partial charge in [-0.2, -0.15) is 0 Å². The molecule has 0 aromatic heterocycles.